The van der Waals surface area contributed by atoms with Crippen LogP contribution in [0.4, 0.5) is 0 Å². The van der Waals surface area contributed by atoms with Crippen molar-refractivity contribution in [2.45, 2.75) is 32.8 Å². The second kappa shape index (κ2) is 8.82. The Bertz CT molecular complexity index is 302. The number of likely N-dealkylation sites (N-methyl/N-ethyl adjacent to an activating group) is 1. The summed E-state index contributed by atoms with van der Waals surface area (Å²) in [7, 11) is -0.539. The van der Waals surface area contributed by atoms with E-state index in [1.807, 2.05) is 13.8 Å². The number of aliphatic hydroxyl groups excluding tert-OH is 1. The molecule has 0 aromatic carbocycles. The van der Waals surface area contributed by atoms with E-state index in [0.29, 0.717) is 13.1 Å². The van der Waals surface area contributed by atoms with Crippen molar-refractivity contribution >= 4 is 10.2 Å². The van der Waals surface area contributed by atoms with Gasteiger partial charge in [-0.25, -0.2) is 0 Å². The first-order valence-corrected chi connectivity index (χ1v) is 7.68. The van der Waals surface area contributed by atoms with Crippen LogP contribution in [-0.2, 0) is 14.9 Å². The highest BCUT2D eigenvalue weighted by Crippen LogP contribution is 2.09. The maximum atomic E-state index is 12.3. The van der Waals surface area contributed by atoms with Gasteiger partial charge < -0.3 is 9.84 Å². The van der Waals surface area contributed by atoms with Crippen molar-refractivity contribution in [3.8, 4) is 0 Å². The van der Waals surface area contributed by atoms with Crippen LogP contribution in [0, 0.1) is 0 Å². The quantitative estimate of drug-likeness (QED) is 0.625. The van der Waals surface area contributed by atoms with Crippen molar-refractivity contribution in [1.82, 2.24) is 8.61 Å². The molecule has 0 amide bonds. The predicted octanol–water partition coefficient (Wildman–Crippen LogP) is 0.292. The van der Waals surface area contributed by atoms with Crippen LogP contribution in [0.5, 0.6) is 0 Å². The van der Waals surface area contributed by atoms with Crippen molar-refractivity contribution in [3.05, 3.63) is 0 Å². The van der Waals surface area contributed by atoms with Gasteiger partial charge in [0.2, 0.25) is 0 Å². The van der Waals surface area contributed by atoms with Gasteiger partial charge in [0.25, 0.3) is 10.2 Å². The lowest BCUT2D eigenvalue weighted by Crippen LogP contribution is -2.45. The summed E-state index contributed by atoms with van der Waals surface area (Å²) in [5.41, 5.74) is 0. The van der Waals surface area contributed by atoms with E-state index in [2.05, 4.69) is 0 Å². The Kier molecular flexibility index (Phi) is 8.71. The molecule has 0 aromatic heterocycles. The van der Waals surface area contributed by atoms with Gasteiger partial charge in [0.1, 0.15) is 0 Å². The predicted molar refractivity (Wildman–Crippen MR) is 71.6 cm³/mol. The van der Waals surface area contributed by atoms with Crippen LogP contribution in [0.25, 0.3) is 0 Å². The molecule has 1 unspecified atom stereocenters. The molecule has 0 aliphatic rings. The third-order valence-electron chi connectivity index (χ3n) is 2.49. The molecule has 0 saturated carbocycles. The third kappa shape index (κ3) is 5.62. The third-order valence-corrected chi connectivity index (χ3v) is 4.45. The normalized spacial score (nSPS) is 14.4. The van der Waals surface area contributed by atoms with E-state index in [-0.39, 0.29) is 13.2 Å². The monoisotopic (exact) mass is 282 g/mol. The molecule has 6 nitrogen and oxygen atoms in total. The summed E-state index contributed by atoms with van der Waals surface area (Å²) in [5, 5.41) is 9.57. The maximum absolute atomic E-state index is 12.3. The summed E-state index contributed by atoms with van der Waals surface area (Å²) < 4.78 is 31.9. The molecule has 0 aliphatic heterocycles. The SMILES string of the molecule is CCCN(CCC)S(=O)(=O)N(C)CC(O)COC. The van der Waals surface area contributed by atoms with Crippen molar-refractivity contribution < 1.29 is 18.3 Å². The number of aliphatic hydroxyl groups is 1. The summed E-state index contributed by atoms with van der Waals surface area (Å²) in [6.45, 7) is 5.05. The lowest BCUT2D eigenvalue weighted by molar-refractivity contribution is 0.0545. The van der Waals surface area contributed by atoms with Crippen LogP contribution < -0.4 is 0 Å². The lowest BCUT2D eigenvalue weighted by Gasteiger charge is -2.28. The molecule has 0 heterocycles. The molecule has 0 rings (SSSR count). The first-order valence-electron chi connectivity index (χ1n) is 6.28. The molecular weight excluding hydrogens is 256 g/mol. The summed E-state index contributed by atoms with van der Waals surface area (Å²) in [4.78, 5) is 0. The zero-order valence-corrected chi connectivity index (χ0v) is 12.6. The molecule has 0 aliphatic carbocycles. The fraction of sp³-hybridized carbons (Fsp3) is 1.00. The molecule has 0 bridgehead atoms. The zero-order chi connectivity index (χ0) is 14.2. The minimum absolute atomic E-state index is 0.0418. The minimum atomic E-state index is -3.49. The highest BCUT2D eigenvalue weighted by molar-refractivity contribution is 7.86. The van der Waals surface area contributed by atoms with E-state index >= 15 is 0 Å². The second-order valence-electron chi connectivity index (χ2n) is 4.30. The molecule has 7 heteroatoms. The molecule has 0 spiro atoms. The van der Waals surface area contributed by atoms with Gasteiger partial charge in [-0.15, -0.1) is 0 Å². The smallest absolute Gasteiger partial charge is 0.281 e. The van der Waals surface area contributed by atoms with Crippen molar-refractivity contribution in [1.29, 1.82) is 0 Å². The summed E-state index contributed by atoms with van der Waals surface area (Å²) in [5.74, 6) is 0. The van der Waals surface area contributed by atoms with Gasteiger partial charge in [0.05, 0.1) is 12.7 Å². The van der Waals surface area contributed by atoms with E-state index in [4.69, 9.17) is 4.74 Å². The van der Waals surface area contributed by atoms with E-state index in [1.54, 1.807) is 0 Å². The van der Waals surface area contributed by atoms with Crippen LogP contribution in [-0.4, -0.2) is 68.6 Å². The van der Waals surface area contributed by atoms with Crippen LogP contribution >= 0.6 is 0 Å². The van der Waals surface area contributed by atoms with Gasteiger partial charge in [0.15, 0.2) is 0 Å². The molecule has 0 aromatic rings. The largest absolute Gasteiger partial charge is 0.389 e. The Morgan fingerprint density at radius 3 is 2.11 bits per heavy atom. The number of methoxy groups -OCH3 is 1. The fourth-order valence-corrected chi connectivity index (χ4v) is 3.26. The second-order valence-corrected chi connectivity index (χ2v) is 6.33. The number of nitrogens with zero attached hydrogens (tertiary/aromatic N) is 2. The van der Waals surface area contributed by atoms with E-state index in [9.17, 15) is 13.5 Å². The summed E-state index contributed by atoms with van der Waals surface area (Å²) >= 11 is 0. The average molecular weight is 282 g/mol. The van der Waals surface area contributed by atoms with Crippen LogP contribution in [0.15, 0.2) is 0 Å². The molecule has 110 valence electrons. The van der Waals surface area contributed by atoms with Crippen LogP contribution in [0.2, 0.25) is 0 Å². The Hall–Kier alpha value is -0.210. The molecule has 0 radical (unpaired) electrons. The molecule has 0 fully saturated rings. The lowest BCUT2D eigenvalue weighted by atomic mass is 10.4. The summed E-state index contributed by atoms with van der Waals surface area (Å²) in [6, 6.07) is 0. The fourth-order valence-electron chi connectivity index (χ4n) is 1.67. The van der Waals surface area contributed by atoms with Gasteiger partial charge in [-0.3, -0.25) is 0 Å². The Balaban J connectivity index is 4.65. The van der Waals surface area contributed by atoms with Crippen molar-refractivity contribution in [2.24, 2.45) is 0 Å². The molecule has 18 heavy (non-hydrogen) atoms. The van der Waals surface area contributed by atoms with E-state index < -0.39 is 16.3 Å². The number of ether oxygens (including phenoxy) is 1. The van der Waals surface area contributed by atoms with Gasteiger partial charge in [-0.2, -0.15) is 17.0 Å². The molecule has 1 atom stereocenters. The molecular formula is C11H26N2O4S. The Morgan fingerprint density at radius 2 is 1.72 bits per heavy atom. The van der Waals surface area contributed by atoms with E-state index in [0.717, 1.165) is 12.8 Å². The topological polar surface area (TPSA) is 70.1 Å². The Labute approximate surface area is 111 Å². The summed E-state index contributed by atoms with van der Waals surface area (Å²) in [6.07, 6.45) is 0.737. The first kappa shape index (κ1) is 17.8. The van der Waals surface area contributed by atoms with E-state index in [1.165, 1.54) is 22.8 Å². The zero-order valence-electron chi connectivity index (χ0n) is 11.8. The van der Waals surface area contributed by atoms with Crippen LogP contribution in [0.3, 0.4) is 0 Å². The van der Waals surface area contributed by atoms with Gasteiger partial charge in [0, 0.05) is 33.8 Å². The van der Waals surface area contributed by atoms with Crippen LogP contribution in [0.1, 0.15) is 26.7 Å². The highest BCUT2D eigenvalue weighted by Gasteiger charge is 2.27. The number of rotatable bonds is 10. The van der Waals surface area contributed by atoms with Gasteiger partial charge in [-0.1, -0.05) is 13.8 Å². The molecule has 1 N–H and O–H groups in total. The number of hydrogen-bond acceptors (Lipinski definition) is 4. The standard InChI is InChI=1S/C11H26N2O4S/c1-5-7-13(8-6-2)18(15,16)12(3)9-11(14)10-17-4/h11,14H,5-10H2,1-4H3. The molecule has 0 saturated heterocycles. The van der Waals surface area contributed by atoms with Gasteiger partial charge >= 0.3 is 0 Å². The van der Waals surface area contributed by atoms with Crippen molar-refractivity contribution in [2.75, 3.05) is 40.4 Å². The Morgan fingerprint density at radius 1 is 1.22 bits per heavy atom. The minimum Gasteiger partial charge on any atom is -0.389 e. The maximum Gasteiger partial charge on any atom is 0.281 e. The average Bonchev–Trinajstić information content (AvgIpc) is 2.28. The first-order chi connectivity index (χ1) is 8.39. The van der Waals surface area contributed by atoms with Gasteiger partial charge in [-0.05, 0) is 12.8 Å². The highest BCUT2D eigenvalue weighted by atomic mass is 32.2. The van der Waals surface area contributed by atoms with Crippen molar-refractivity contribution in [3.63, 3.8) is 0 Å². The number of hydrogen-bond donors (Lipinski definition) is 1.